The van der Waals surface area contributed by atoms with E-state index in [0.29, 0.717) is 10.5 Å². The van der Waals surface area contributed by atoms with Gasteiger partial charge in [-0.2, -0.15) is 0 Å². The molecule has 4 heteroatoms. The average Bonchev–Trinajstić information content (AvgIpc) is 2.36. The van der Waals surface area contributed by atoms with Gasteiger partial charge in [0.2, 0.25) is 0 Å². The van der Waals surface area contributed by atoms with Gasteiger partial charge in [0.05, 0.1) is 4.90 Å². The maximum Gasteiger partial charge on any atom is 0.261 e. The molecule has 0 aliphatic heterocycles. The van der Waals surface area contributed by atoms with Crippen LogP contribution in [-0.4, -0.2) is 5.91 Å². The summed E-state index contributed by atoms with van der Waals surface area (Å²) in [6, 6.07) is 12.0. The molecular weight excluding hydrogens is 261 g/mol. The van der Waals surface area contributed by atoms with E-state index >= 15 is 0 Å². The van der Waals surface area contributed by atoms with E-state index in [1.165, 1.54) is 6.07 Å². The van der Waals surface area contributed by atoms with Crippen LogP contribution >= 0.6 is 11.9 Å². The van der Waals surface area contributed by atoms with E-state index < -0.39 is 0 Å². The predicted molar refractivity (Wildman–Crippen MR) is 75.6 cm³/mol. The Hall–Kier alpha value is -1.81. The number of benzene rings is 2. The fourth-order valence-corrected chi connectivity index (χ4v) is 2.43. The van der Waals surface area contributed by atoms with Crippen molar-refractivity contribution in [3.8, 4) is 0 Å². The highest BCUT2D eigenvalue weighted by Crippen LogP contribution is 2.19. The number of carbonyl (C=O) groups excluding carboxylic acids is 1. The number of hydrogen-bond acceptors (Lipinski definition) is 2. The summed E-state index contributed by atoms with van der Waals surface area (Å²) in [7, 11) is 0. The Morgan fingerprint density at radius 1 is 1.11 bits per heavy atom. The molecule has 0 atom stereocenters. The third-order valence-corrected chi connectivity index (χ3v) is 3.41. The molecule has 0 aliphatic rings. The van der Waals surface area contributed by atoms with Gasteiger partial charge in [0, 0.05) is 5.56 Å². The topological polar surface area (TPSA) is 29.1 Å². The molecule has 0 saturated heterocycles. The fraction of sp³-hybridized carbons (Fsp3) is 0.133. The van der Waals surface area contributed by atoms with Crippen molar-refractivity contribution < 1.29 is 9.18 Å². The second kappa shape index (κ2) is 5.89. The lowest BCUT2D eigenvalue weighted by Crippen LogP contribution is -2.16. The standard InChI is InChI=1S/C15H14FNOS/c1-10-7-11(2)9-12(8-10)15(18)17-19-14-6-4-3-5-13(14)16/h3-9H,1-2H3,(H,17,18). The molecule has 0 aromatic heterocycles. The Balaban J connectivity index is 2.08. The van der Waals surface area contributed by atoms with Crippen LogP contribution in [0.25, 0.3) is 0 Å². The Morgan fingerprint density at radius 3 is 2.37 bits per heavy atom. The molecule has 0 unspecified atom stereocenters. The van der Waals surface area contributed by atoms with Crippen molar-refractivity contribution >= 4 is 17.9 Å². The Morgan fingerprint density at radius 2 is 1.74 bits per heavy atom. The predicted octanol–water partition coefficient (Wildman–Crippen LogP) is 3.88. The molecule has 0 saturated carbocycles. The SMILES string of the molecule is Cc1cc(C)cc(C(=O)NSc2ccccc2F)c1. The second-order valence-electron chi connectivity index (χ2n) is 4.34. The number of hydrogen-bond donors (Lipinski definition) is 1. The van der Waals surface area contributed by atoms with Gasteiger partial charge in [0.1, 0.15) is 5.82 Å². The van der Waals surface area contributed by atoms with Gasteiger partial charge in [-0.15, -0.1) is 0 Å². The van der Waals surface area contributed by atoms with Crippen LogP contribution < -0.4 is 4.72 Å². The highest BCUT2D eigenvalue weighted by Gasteiger charge is 2.08. The zero-order valence-electron chi connectivity index (χ0n) is 10.7. The average molecular weight is 275 g/mol. The minimum absolute atomic E-state index is 0.222. The summed E-state index contributed by atoms with van der Waals surface area (Å²) in [4.78, 5) is 12.4. The molecular formula is C15H14FNOS. The van der Waals surface area contributed by atoms with Crippen molar-refractivity contribution in [2.45, 2.75) is 18.7 Å². The van der Waals surface area contributed by atoms with Gasteiger partial charge in [-0.1, -0.05) is 29.3 Å². The van der Waals surface area contributed by atoms with E-state index in [9.17, 15) is 9.18 Å². The van der Waals surface area contributed by atoms with Crippen LogP contribution in [0.1, 0.15) is 21.5 Å². The smallest absolute Gasteiger partial charge is 0.261 e. The highest BCUT2D eigenvalue weighted by molar-refractivity contribution is 7.98. The van der Waals surface area contributed by atoms with Gasteiger partial charge in [-0.05, 0) is 50.1 Å². The number of carbonyl (C=O) groups is 1. The molecule has 2 aromatic rings. The number of aryl methyl sites for hydroxylation is 2. The van der Waals surface area contributed by atoms with Crippen LogP contribution in [0, 0.1) is 19.7 Å². The van der Waals surface area contributed by atoms with Crippen LogP contribution in [0.4, 0.5) is 4.39 Å². The highest BCUT2D eigenvalue weighted by atomic mass is 32.2. The number of nitrogens with one attached hydrogen (secondary N) is 1. The lowest BCUT2D eigenvalue weighted by molar-refractivity contribution is 0.0984. The van der Waals surface area contributed by atoms with E-state index in [4.69, 9.17) is 0 Å². The Labute approximate surface area is 116 Å². The Bertz CT molecular complexity index is 593. The maximum atomic E-state index is 13.4. The third-order valence-electron chi connectivity index (χ3n) is 2.57. The summed E-state index contributed by atoms with van der Waals surface area (Å²) in [5.41, 5.74) is 2.64. The van der Waals surface area contributed by atoms with Gasteiger partial charge in [0.15, 0.2) is 0 Å². The van der Waals surface area contributed by atoms with Crippen molar-refractivity contribution in [1.29, 1.82) is 0 Å². The summed E-state index contributed by atoms with van der Waals surface area (Å²) in [5, 5.41) is 0. The van der Waals surface area contributed by atoms with E-state index in [0.717, 1.165) is 23.1 Å². The minimum Gasteiger partial charge on any atom is -0.292 e. The zero-order chi connectivity index (χ0) is 13.8. The molecule has 0 aliphatic carbocycles. The van der Waals surface area contributed by atoms with E-state index in [1.807, 2.05) is 32.0 Å². The largest absolute Gasteiger partial charge is 0.292 e. The summed E-state index contributed by atoms with van der Waals surface area (Å²) >= 11 is 0.987. The third kappa shape index (κ3) is 3.58. The number of halogens is 1. The van der Waals surface area contributed by atoms with Crippen molar-refractivity contribution in [3.05, 3.63) is 65.0 Å². The molecule has 1 amide bonds. The van der Waals surface area contributed by atoms with Crippen molar-refractivity contribution in [1.82, 2.24) is 4.72 Å². The molecule has 1 N–H and O–H groups in total. The molecule has 2 nitrogen and oxygen atoms in total. The van der Waals surface area contributed by atoms with Gasteiger partial charge < -0.3 is 0 Å². The quantitative estimate of drug-likeness (QED) is 0.861. The fourth-order valence-electron chi connectivity index (χ4n) is 1.79. The van der Waals surface area contributed by atoms with Gasteiger partial charge in [0.25, 0.3) is 5.91 Å². The van der Waals surface area contributed by atoms with Gasteiger partial charge in [-0.3, -0.25) is 9.52 Å². The van der Waals surface area contributed by atoms with Crippen molar-refractivity contribution in [2.24, 2.45) is 0 Å². The molecule has 0 bridgehead atoms. The first-order valence-corrected chi connectivity index (χ1v) is 6.68. The molecule has 2 aromatic carbocycles. The molecule has 0 fully saturated rings. The Kier molecular flexibility index (Phi) is 4.22. The second-order valence-corrected chi connectivity index (χ2v) is 5.19. The van der Waals surface area contributed by atoms with Crippen LogP contribution in [0.15, 0.2) is 47.4 Å². The van der Waals surface area contributed by atoms with E-state index in [1.54, 1.807) is 18.2 Å². The molecule has 98 valence electrons. The zero-order valence-corrected chi connectivity index (χ0v) is 11.6. The summed E-state index contributed by atoms with van der Waals surface area (Å²) in [6.07, 6.45) is 0. The monoisotopic (exact) mass is 275 g/mol. The maximum absolute atomic E-state index is 13.4. The normalized spacial score (nSPS) is 10.3. The van der Waals surface area contributed by atoms with E-state index in [2.05, 4.69) is 4.72 Å². The van der Waals surface area contributed by atoms with Crippen LogP contribution in [0.2, 0.25) is 0 Å². The molecule has 0 radical (unpaired) electrons. The summed E-state index contributed by atoms with van der Waals surface area (Å²) in [6.45, 7) is 3.88. The summed E-state index contributed by atoms with van der Waals surface area (Å²) < 4.78 is 16.0. The molecule has 0 spiro atoms. The van der Waals surface area contributed by atoms with Crippen molar-refractivity contribution in [2.75, 3.05) is 0 Å². The number of amides is 1. The van der Waals surface area contributed by atoms with Crippen LogP contribution in [0.3, 0.4) is 0 Å². The van der Waals surface area contributed by atoms with Gasteiger partial charge >= 0.3 is 0 Å². The first kappa shape index (κ1) is 13.6. The van der Waals surface area contributed by atoms with E-state index in [-0.39, 0.29) is 11.7 Å². The first-order valence-electron chi connectivity index (χ1n) is 5.86. The molecule has 0 heterocycles. The minimum atomic E-state index is -0.340. The lowest BCUT2D eigenvalue weighted by Gasteiger charge is -2.07. The van der Waals surface area contributed by atoms with Crippen LogP contribution in [0.5, 0.6) is 0 Å². The summed E-state index contributed by atoms with van der Waals surface area (Å²) in [5.74, 6) is -0.562. The van der Waals surface area contributed by atoms with Crippen molar-refractivity contribution in [3.63, 3.8) is 0 Å². The lowest BCUT2D eigenvalue weighted by atomic mass is 10.1. The van der Waals surface area contributed by atoms with Gasteiger partial charge in [-0.25, -0.2) is 4.39 Å². The molecule has 2 rings (SSSR count). The first-order chi connectivity index (χ1) is 9.06. The van der Waals surface area contributed by atoms with Crippen LogP contribution in [-0.2, 0) is 0 Å². The number of rotatable bonds is 3. The molecule has 19 heavy (non-hydrogen) atoms.